The molecule has 98 valence electrons. The van der Waals surface area contributed by atoms with E-state index in [0.29, 0.717) is 0 Å². The Labute approximate surface area is 116 Å². The normalized spacial score (nSPS) is 11.0. The van der Waals surface area contributed by atoms with Crippen molar-refractivity contribution in [2.45, 2.75) is 0 Å². The molecular formula is C16H13N3O. The third-order valence-electron chi connectivity index (χ3n) is 2.93. The number of benzene rings is 1. The van der Waals surface area contributed by atoms with Gasteiger partial charge < -0.3 is 10.3 Å². The molecule has 4 nitrogen and oxygen atoms in total. The van der Waals surface area contributed by atoms with Crippen LogP contribution in [0.1, 0.15) is 5.56 Å². The molecule has 0 saturated carbocycles. The summed E-state index contributed by atoms with van der Waals surface area (Å²) in [5.74, 6) is -0.163. The SMILES string of the molecule is O=C(/C=C\c1cccnc1)Nc1ccc2[nH]ccc2c1. The fourth-order valence-electron chi connectivity index (χ4n) is 1.96. The van der Waals surface area contributed by atoms with Gasteiger partial charge in [-0.05, 0) is 42.0 Å². The van der Waals surface area contributed by atoms with Crippen LogP contribution >= 0.6 is 0 Å². The maximum absolute atomic E-state index is 11.8. The summed E-state index contributed by atoms with van der Waals surface area (Å²) >= 11 is 0. The second-order valence-corrected chi connectivity index (χ2v) is 4.39. The zero-order valence-electron chi connectivity index (χ0n) is 10.7. The molecule has 0 unspecified atom stereocenters. The zero-order valence-corrected chi connectivity index (χ0v) is 10.7. The number of hydrogen-bond donors (Lipinski definition) is 2. The lowest BCUT2D eigenvalue weighted by atomic mass is 10.2. The molecule has 0 fully saturated rings. The molecule has 1 aromatic carbocycles. The van der Waals surface area contributed by atoms with Crippen molar-refractivity contribution < 1.29 is 4.79 Å². The van der Waals surface area contributed by atoms with E-state index in [0.717, 1.165) is 22.2 Å². The number of rotatable bonds is 3. The lowest BCUT2D eigenvalue weighted by Crippen LogP contribution is -2.07. The van der Waals surface area contributed by atoms with Gasteiger partial charge in [0.05, 0.1) is 0 Å². The highest BCUT2D eigenvalue weighted by Crippen LogP contribution is 2.17. The van der Waals surface area contributed by atoms with E-state index in [1.54, 1.807) is 18.5 Å². The minimum absolute atomic E-state index is 0.163. The Morgan fingerprint density at radius 2 is 2.20 bits per heavy atom. The number of carbonyl (C=O) groups excluding carboxylic acids is 1. The molecule has 3 aromatic rings. The molecule has 0 aliphatic rings. The summed E-state index contributed by atoms with van der Waals surface area (Å²) in [6.07, 6.45) is 8.51. The van der Waals surface area contributed by atoms with Crippen molar-refractivity contribution in [3.8, 4) is 0 Å². The molecule has 20 heavy (non-hydrogen) atoms. The number of anilines is 1. The van der Waals surface area contributed by atoms with Crippen LogP contribution < -0.4 is 5.32 Å². The van der Waals surface area contributed by atoms with E-state index < -0.39 is 0 Å². The predicted octanol–water partition coefficient (Wildman–Crippen LogP) is 3.21. The second-order valence-electron chi connectivity index (χ2n) is 4.39. The van der Waals surface area contributed by atoms with Crippen molar-refractivity contribution in [3.05, 3.63) is 66.6 Å². The average Bonchev–Trinajstić information content (AvgIpc) is 2.94. The minimum atomic E-state index is -0.163. The Hall–Kier alpha value is -2.88. The van der Waals surface area contributed by atoms with Crippen molar-refractivity contribution in [2.75, 3.05) is 5.32 Å². The van der Waals surface area contributed by atoms with Crippen LogP contribution in [0.3, 0.4) is 0 Å². The summed E-state index contributed by atoms with van der Waals surface area (Å²) in [5, 5.41) is 3.90. The number of amides is 1. The number of carbonyl (C=O) groups is 1. The predicted molar refractivity (Wildman–Crippen MR) is 80.2 cm³/mol. The molecule has 2 aromatic heterocycles. The van der Waals surface area contributed by atoms with Crippen molar-refractivity contribution in [2.24, 2.45) is 0 Å². The number of hydrogen-bond acceptors (Lipinski definition) is 2. The first kappa shape index (κ1) is 12.2. The maximum atomic E-state index is 11.8. The summed E-state index contributed by atoms with van der Waals surface area (Å²) < 4.78 is 0. The molecule has 1 amide bonds. The Kier molecular flexibility index (Phi) is 3.29. The number of nitrogens with one attached hydrogen (secondary N) is 2. The standard InChI is InChI=1S/C16H13N3O/c20-16(6-3-12-2-1-8-17-11-12)19-14-4-5-15-13(10-14)7-9-18-15/h1-11,18H,(H,19,20)/b6-3-. The number of fused-ring (bicyclic) bond motifs is 1. The lowest BCUT2D eigenvalue weighted by molar-refractivity contribution is -0.111. The van der Waals surface area contributed by atoms with Crippen LogP contribution in [-0.4, -0.2) is 15.9 Å². The van der Waals surface area contributed by atoms with Crippen LogP contribution in [-0.2, 0) is 4.79 Å². The van der Waals surface area contributed by atoms with Crippen molar-refractivity contribution in [1.29, 1.82) is 0 Å². The minimum Gasteiger partial charge on any atom is -0.361 e. The lowest BCUT2D eigenvalue weighted by Gasteiger charge is -2.02. The van der Waals surface area contributed by atoms with E-state index in [9.17, 15) is 4.79 Å². The Bertz CT molecular complexity index is 760. The molecule has 0 spiro atoms. The summed E-state index contributed by atoms with van der Waals surface area (Å²) in [4.78, 5) is 18.9. The van der Waals surface area contributed by atoms with Gasteiger partial charge in [-0.3, -0.25) is 9.78 Å². The summed E-state index contributed by atoms with van der Waals surface area (Å²) in [6.45, 7) is 0. The van der Waals surface area contributed by atoms with Gasteiger partial charge in [-0.2, -0.15) is 0 Å². The van der Waals surface area contributed by atoms with Crippen molar-refractivity contribution in [3.63, 3.8) is 0 Å². The highest BCUT2D eigenvalue weighted by Gasteiger charge is 2.00. The van der Waals surface area contributed by atoms with Crippen LogP contribution in [0.5, 0.6) is 0 Å². The monoisotopic (exact) mass is 263 g/mol. The molecule has 0 bridgehead atoms. The van der Waals surface area contributed by atoms with Gasteiger partial charge in [-0.15, -0.1) is 0 Å². The van der Waals surface area contributed by atoms with Gasteiger partial charge in [0.25, 0.3) is 0 Å². The van der Waals surface area contributed by atoms with Crippen LogP contribution in [0.25, 0.3) is 17.0 Å². The van der Waals surface area contributed by atoms with E-state index >= 15 is 0 Å². The number of aromatic nitrogens is 2. The molecule has 0 saturated heterocycles. The number of nitrogens with zero attached hydrogens (tertiary/aromatic N) is 1. The van der Waals surface area contributed by atoms with Gasteiger partial charge in [0.1, 0.15) is 0 Å². The Morgan fingerprint density at radius 1 is 1.25 bits per heavy atom. The summed E-state index contributed by atoms with van der Waals surface area (Å²) in [6, 6.07) is 11.4. The first-order chi connectivity index (χ1) is 9.81. The van der Waals surface area contributed by atoms with Gasteiger partial charge >= 0.3 is 0 Å². The molecule has 3 rings (SSSR count). The van der Waals surface area contributed by atoms with E-state index in [1.165, 1.54) is 6.08 Å². The Balaban J connectivity index is 1.70. The van der Waals surface area contributed by atoms with Crippen LogP contribution in [0.15, 0.2) is 61.1 Å². The number of aromatic amines is 1. The molecule has 4 heteroatoms. The fraction of sp³-hybridized carbons (Fsp3) is 0. The van der Waals surface area contributed by atoms with E-state index in [2.05, 4.69) is 15.3 Å². The van der Waals surface area contributed by atoms with E-state index in [-0.39, 0.29) is 5.91 Å². The fourth-order valence-corrected chi connectivity index (χ4v) is 1.96. The molecule has 2 heterocycles. The summed E-state index contributed by atoms with van der Waals surface area (Å²) in [5.41, 5.74) is 2.72. The largest absolute Gasteiger partial charge is 0.361 e. The number of pyridine rings is 1. The second kappa shape index (κ2) is 5.40. The van der Waals surface area contributed by atoms with E-state index in [1.807, 2.05) is 42.6 Å². The third kappa shape index (κ3) is 2.75. The molecular weight excluding hydrogens is 250 g/mol. The zero-order chi connectivity index (χ0) is 13.8. The molecule has 2 N–H and O–H groups in total. The highest BCUT2D eigenvalue weighted by atomic mass is 16.1. The first-order valence-corrected chi connectivity index (χ1v) is 6.27. The van der Waals surface area contributed by atoms with Gasteiger partial charge in [-0.25, -0.2) is 0 Å². The highest BCUT2D eigenvalue weighted by molar-refractivity contribution is 6.02. The smallest absolute Gasteiger partial charge is 0.248 e. The van der Waals surface area contributed by atoms with Crippen molar-refractivity contribution >= 4 is 28.6 Å². The molecule has 0 atom stereocenters. The van der Waals surface area contributed by atoms with Crippen LogP contribution in [0.4, 0.5) is 5.69 Å². The van der Waals surface area contributed by atoms with E-state index in [4.69, 9.17) is 0 Å². The van der Waals surface area contributed by atoms with Gasteiger partial charge in [0.15, 0.2) is 0 Å². The van der Waals surface area contributed by atoms with Crippen LogP contribution in [0.2, 0.25) is 0 Å². The van der Waals surface area contributed by atoms with Gasteiger partial charge in [0.2, 0.25) is 5.91 Å². The van der Waals surface area contributed by atoms with Crippen molar-refractivity contribution in [1.82, 2.24) is 9.97 Å². The average molecular weight is 263 g/mol. The topological polar surface area (TPSA) is 57.8 Å². The number of H-pyrrole nitrogens is 1. The first-order valence-electron chi connectivity index (χ1n) is 6.27. The molecule has 0 aliphatic carbocycles. The summed E-state index contributed by atoms with van der Waals surface area (Å²) in [7, 11) is 0. The third-order valence-corrected chi connectivity index (χ3v) is 2.93. The Morgan fingerprint density at radius 3 is 3.05 bits per heavy atom. The van der Waals surface area contributed by atoms with Gasteiger partial charge in [0, 0.05) is 41.3 Å². The maximum Gasteiger partial charge on any atom is 0.248 e. The molecule has 0 aliphatic heterocycles. The van der Waals surface area contributed by atoms with Gasteiger partial charge in [-0.1, -0.05) is 6.07 Å². The van der Waals surface area contributed by atoms with Crippen LogP contribution in [0, 0.1) is 0 Å². The quantitative estimate of drug-likeness (QED) is 0.713. The molecule has 0 radical (unpaired) electrons.